The van der Waals surface area contributed by atoms with Crippen LogP contribution in [-0.2, 0) is 13.0 Å². The molecule has 2 nitrogen and oxygen atoms in total. The lowest BCUT2D eigenvalue weighted by molar-refractivity contribution is 0.499. The van der Waals surface area contributed by atoms with Gasteiger partial charge in [0.2, 0.25) is 0 Å². The van der Waals surface area contributed by atoms with Gasteiger partial charge in [-0.1, -0.05) is 27.5 Å². The SMILES string of the molecule is Clc1ccc(Br)cc1CNCCc1ccco1. The largest absolute Gasteiger partial charge is 0.469 e. The molecular formula is C13H13BrClNO. The van der Waals surface area contributed by atoms with Crippen LogP contribution in [-0.4, -0.2) is 6.54 Å². The summed E-state index contributed by atoms with van der Waals surface area (Å²) >= 11 is 9.53. The number of hydrogen-bond acceptors (Lipinski definition) is 2. The highest BCUT2D eigenvalue weighted by Crippen LogP contribution is 2.20. The van der Waals surface area contributed by atoms with Gasteiger partial charge >= 0.3 is 0 Å². The topological polar surface area (TPSA) is 25.2 Å². The van der Waals surface area contributed by atoms with Crippen LogP contribution in [0.3, 0.4) is 0 Å². The van der Waals surface area contributed by atoms with Gasteiger partial charge in [-0.2, -0.15) is 0 Å². The maximum Gasteiger partial charge on any atom is 0.105 e. The minimum Gasteiger partial charge on any atom is -0.469 e. The third-order valence-electron chi connectivity index (χ3n) is 2.45. The standard InChI is InChI=1S/C13H13BrClNO/c14-11-3-4-13(15)10(8-11)9-16-6-5-12-2-1-7-17-12/h1-4,7-8,16H,5-6,9H2. The predicted octanol–water partition coefficient (Wildman–Crippen LogP) is 4.03. The van der Waals surface area contributed by atoms with Crippen molar-refractivity contribution in [2.24, 2.45) is 0 Å². The zero-order valence-electron chi connectivity index (χ0n) is 9.25. The molecule has 0 radical (unpaired) electrons. The molecule has 0 atom stereocenters. The van der Waals surface area contributed by atoms with Crippen LogP contribution in [0.15, 0.2) is 45.5 Å². The second-order valence-electron chi connectivity index (χ2n) is 3.74. The van der Waals surface area contributed by atoms with Crippen molar-refractivity contribution in [2.45, 2.75) is 13.0 Å². The van der Waals surface area contributed by atoms with E-state index < -0.39 is 0 Å². The Kier molecular flexibility index (Phi) is 4.66. The fourth-order valence-corrected chi connectivity index (χ4v) is 2.16. The van der Waals surface area contributed by atoms with E-state index in [1.54, 1.807) is 6.26 Å². The third kappa shape index (κ3) is 3.87. The molecule has 2 rings (SSSR count). The van der Waals surface area contributed by atoms with Gasteiger partial charge in [-0.15, -0.1) is 0 Å². The number of benzene rings is 1. The van der Waals surface area contributed by atoms with E-state index in [1.807, 2.05) is 30.3 Å². The van der Waals surface area contributed by atoms with Crippen LogP contribution in [0, 0.1) is 0 Å². The summed E-state index contributed by atoms with van der Waals surface area (Å²) in [5, 5.41) is 4.13. The molecule has 0 unspecified atom stereocenters. The number of hydrogen-bond donors (Lipinski definition) is 1. The van der Waals surface area contributed by atoms with E-state index in [9.17, 15) is 0 Å². The molecule has 1 aromatic carbocycles. The monoisotopic (exact) mass is 313 g/mol. The Balaban J connectivity index is 1.80. The van der Waals surface area contributed by atoms with Gasteiger partial charge in [-0.25, -0.2) is 0 Å². The van der Waals surface area contributed by atoms with Gasteiger partial charge in [0.1, 0.15) is 5.76 Å². The number of nitrogens with one attached hydrogen (secondary N) is 1. The minimum absolute atomic E-state index is 0.763. The van der Waals surface area contributed by atoms with Crippen LogP contribution in [0.4, 0.5) is 0 Å². The van der Waals surface area contributed by atoms with Crippen LogP contribution in [0.5, 0.6) is 0 Å². The number of furan rings is 1. The molecule has 1 heterocycles. The van der Waals surface area contributed by atoms with E-state index in [-0.39, 0.29) is 0 Å². The Morgan fingerprint density at radius 2 is 2.18 bits per heavy atom. The molecule has 0 aliphatic rings. The molecule has 2 aromatic rings. The number of halogens is 2. The zero-order valence-corrected chi connectivity index (χ0v) is 11.6. The predicted molar refractivity (Wildman–Crippen MR) is 73.3 cm³/mol. The highest BCUT2D eigenvalue weighted by atomic mass is 79.9. The Labute approximate surface area is 114 Å². The molecule has 0 saturated carbocycles. The van der Waals surface area contributed by atoms with Crippen molar-refractivity contribution >= 4 is 27.5 Å². The summed E-state index contributed by atoms with van der Waals surface area (Å²) in [5.74, 6) is 0.998. The lowest BCUT2D eigenvalue weighted by Gasteiger charge is -2.06. The summed E-state index contributed by atoms with van der Waals surface area (Å²) in [6.07, 6.45) is 2.58. The second kappa shape index (κ2) is 6.24. The van der Waals surface area contributed by atoms with E-state index in [0.717, 1.165) is 40.3 Å². The molecule has 4 heteroatoms. The summed E-state index contributed by atoms with van der Waals surface area (Å²) in [6.45, 7) is 1.63. The second-order valence-corrected chi connectivity index (χ2v) is 5.06. The molecule has 0 amide bonds. The normalized spacial score (nSPS) is 10.7. The van der Waals surface area contributed by atoms with Crippen LogP contribution < -0.4 is 5.32 Å². The fraction of sp³-hybridized carbons (Fsp3) is 0.231. The van der Waals surface area contributed by atoms with Crippen molar-refractivity contribution in [3.63, 3.8) is 0 Å². The molecule has 0 aliphatic carbocycles. The van der Waals surface area contributed by atoms with Crippen molar-refractivity contribution in [1.29, 1.82) is 0 Å². The van der Waals surface area contributed by atoms with Crippen molar-refractivity contribution in [3.05, 3.63) is 57.4 Å². The van der Waals surface area contributed by atoms with Gasteiger partial charge in [0, 0.05) is 29.0 Å². The molecule has 0 saturated heterocycles. The van der Waals surface area contributed by atoms with Crippen molar-refractivity contribution < 1.29 is 4.42 Å². The van der Waals surface area contributed by atoms with Crippen molar-refractivity contribution in [2.75, 3.05) is 6.54 Å². The van der Waals surface area contributed by atoms with Gasteiger partial charge in [-0.05, 0) is 35.9 Å². The summed E-state index contributed by atoms with van der Waals surface area (Å²) in [4.78, 5) is 0. The highest BCUT2D eigenvalue weighted by molar-refractivity contribution is 9.10. The Morgan fingerprint density at radius 3 is 2.94 bits per heavy atom. The lowest BCUT2D eigenvalue weighted by atomic mass is 10.2. The minimum atomic E-state index is 0.763. The fourth-order valence-electron chi connectivity index (χ4n) is 1.57. The quantitative estimate of drug-likeness (QED) is 0.843. The van der Waals surface area contributed by atoms with E-state index in [1.165, 1.54) is 0 Å². The summed E-state index contributed by atoms with van der Waals surface area (Å²) in [5.41, 5.74) is 1.10. The first kappa shape index (κ1) is 12.7. The summed E-state index contributed by atoms with van der Waals surface area (Å²) in [7, 11) is 0. The first-order valence-corrected chi connectivity index (χ1v) is 6.60. The van der Waals surface area contributed by atoms with Crippen molar-refractivity contribution in [3.8, 4) is 0 Å². The van der Waals surface area contributed by atoms with E-state index >= 15 is 0 Å². The Bertz CT molecular complexity index is 470. The molecule has 0 spiro atoms. The van der Waals surface area contributed by atoms with Gasteiger partial charge in [0.15, 0.2) is 0 Å². The van der Waals surface area contributed by atoms with Crippen LogP contribution >= 0.6 is 27.5 Å². The van der Waals surface area contributed by atoms with Crippen LogP contribution in [0.1, 0.15) is 11.3 Å². The maximum atomic E-state index is 6.10. The molecule has 17 heavy (non-hydrogen) atoms. The first-order valence-electron chi connectivity index (χ1n) is 5.43. The number of rotatable bonds is 5. The Hall–Kier alpha value is -0.770. The maximum absolute atomic E-state index is 6.10. The van der Waals surface area contributed by atoms with Crippen LogP contribution in [0.25, 0.3) is 0 Å². The van der Waals surface area contributed by atoms with E-state index in [2.05, 4.69) is 21.2 Å². The molecule has 1 N–H and O–H groups in total. The molecular weight excluding hydrogens is 302 g/mol. The highest BCUT2D eigenvalue weighted by Gasteiger charge is 2.01. The molecule has 1 aromatic heterocycles. The molecule has 0 fully saturated rings. The molecule has 0 aliphatic heterocycles. The molecule has 90 valence electrons. The van der Waals surface area contributed by atoms with Gasteiger partial charge < -0.3 is 9.73 Å². The summed E-state index contributed by atoms with van der Waals surface area (Å²) in [6, 6.07) is 9.75. The van der Waals surface area contributed by atoms with Gasteiger partial charge in [-0.3, -0.25) is 0 Å². The smallest absolute Gasteiger partial charge is 0.105 e. The average Bonchev–Trinajstić information content (AvgIpc) is 2.82. The van der Waals surface area contributed by atoms with Gasteiger partial charge in [0.25, 0.3) is 0 Å². The first-order chi connectivity index (χ1) is 8.25. The van der Waals surface area contributed by atoms with Gasteiger partial charge in [0.05, 0.1) is 6.26 Å². The van der Waals surface area contributed by atoms with Crippen LogP contribution in [0.2, 0.25) is 5.02 Å². The third-order valence-corrected chi connectivity index (χ3v) is 3.31. The lowest BCUT2D eigenvalue weighted by Crippen LogP contribution is -2.16. The van der Waals surface area contributed by atoms with E-state index in [4.69, 9.17) is 16.0 Å². The Morgan fingerprint density at radius 1 is 1.29 bits per heavy atom. The molecule has 0 bridgehead atoms. The van der Waals surface area contributed by atoms with Crippen molar-refractivity contribution in [1.82, 2.24) is 5.32 Å². The average molecular weight is 315 g/mol. The summed E-state index contributed by atoms with van der Waals surface area (Å²) < 4.78 is 6.30. The zero-order chi connectivity index (χ0) is 12.1. The van der Waals surface area contributed by atoms with E-state index in [0.29, 0.717) is 0 Å².